The van der Waals surface area contributed by atoms with Crippen molar-refractivity contribution in [3.8, 4) is 0 Å². The number of esters is 2. The van der Waals surface area contributed by atoms with Gasteiger partial charge >= 0.3 is 17.9 Å². The minimum Gasteiger partial charge on any atom is -0.477 e. The van der Waals surface area contributed by atoms with Crippen LogP contribution < -0.4 is 0 Å². The van der Waals surface area contributed by atoms with Gasteiger partial charge in [0.05, 0.1) is 34.4 Å². The van der Waals surface area contributed by atoms with E-state index < -0.39 is 24.3 Å². The lowest BCUT2D eigenvalue weighted by atomic mass is 10.0. The van der Waals surface area contributed by atoms with Crippen LogP contribution in [-0.2, 0) is 33.3 Å². The Kier molecular flexibility index (Phi) is 52.0. The second-order valence-corrected chi connectivity index (χ2v) is 21.3. The molecule has 0 aliphatic rings. The van der Waals surface area contributed by atoms with E-state index in [9.17, 15) is 19.5 Å². The topological polar surface area (TPSA) is 108 Å². The van der Waals surface area contributed by atoms with Gasteiger partial charge in [-0.2, -0.15) is 0 Å². The third kappa shape index (κ3) is 54.8. The predicted octanol–water partition coefficient (Wildman–Crippen LogP) is 17.6. The minimum absolute atomic E-state index is 0.185. The molecule has 0 rings (SSSR count). The van der Waals surface area contributed by atoms with Gasteiger partial charge in [-0.05, 0) is 83.5 Å². The molecule has 9 nitrogen and oxygen atoms in total. The number of allylic oxidation sites excluding steroid dienone is 10. The Morgan fingerprint density at radius 3 is 1.12 bits per heavy atom. The van der Waals surface area contributed by atoms with E-state index in [-0.39, 0.29) is 32.2 Å². The van der Waals surface area contributed by atoms with Gasteiger partial charge in [0.15, 0.2) is 6.10 Å². The Labute approximate surface area is 444 Å². The van der Waals surface area contributed by atoms with Gasteiger partial charge < -0.3 is 28.5 Å². The average Bonchev–Trinajstić information content (AvgIpc) is 3.35. The first-order valence-corrected chi connectivity index (χ1v) is 30.0. The molecular formula is C63H114NO8+. The van der Waals surface area contributed by atoms with Crippen LogP contribution in [0.15, 0.2) is 60.8 Å². The number of carbonyl (C=O) groups is 3. The van der Waals surface area contributed by atoms with Crippen molar-refractivity contribution in [2.24, 2.45) is 0 Å². The SMILES string of the molecule is CCCCCC/C=C\C/C=C\CCCCCCCCCC(=O)OCC(COC(OCC[N+](C)(C)C)C(=O)O)OC(=O)CCCCCCCCCCCCCCCC/C=C\C/C=C\C/C=C\CCCCCCC. The molecule has 0 spiro atoms. The summed E-state index contributed by atoms with van der Waals surface area (Å²) >= 11 is 0. The van der Waals surface area contributed by atoms with Crippen LogP contribution in [0.4, 0.5) is 0 Å². The minimum atomic E-state index is -1.51. The van der Waals surface area contributed by atoms with Crippen molar-refractivity contribution < 1.29 is 42.9 Å². The van der Waals surface area contributed by atoms with Gasteiger partial charge in [0.1, 0.15) is 13.2 Å². The molecule has 418 valence electrons. The van der Waals surface area contributed by atoms with Crippen molar-refractivity contribution >= 4 is 17.9 Å². The van der Waals surface area contributed by atoms with Crippen molar-refractivity contribution in [1.82, 2.24) is 0 Å². The number of rotatable bonds is 55. The Balaban J connectivity index is 4.20. The summed E-state index contributed by atoms with van der Waals surface area (Å²) < 4.78 is 22.9. The zero-order chi connectivity index (χ0) is 52.7. The standard InChI is InChI=1S/C63H113NO8/c1-6-8-10-12-14-16-18-20-22-24-26-27-28-29-30-31-32-33-34-35-36-38-40-42-44-46-48-50-52-54-61(66)72-59(58-71-63(62(67)68)69-56-55-64(3,4)5)57-70-60(65)53-51-49-47-45-43-41-39-37-25-23-21-19-17-15-13-11-9-7-2/h17-20,23-26,28-29,59,63H,6-16,21-22,27,30-58H2,1-5H3/p+1/b19-17-,20-18-,25-23-,26-24-,29-28-. The molecule has 0 aromatic rings. The maximum Gasteiger partial charge on any atom is 0.361 e. The summed E-state index contributed by atoms with van der Waals surface area (Å²) in [6.07, 6.45) is 65.8. The molecule has 2 unspecified atom stereocenters. The third-order valence-corrected chi connectivity index (χ3v) is 13.0. The highest BCUT2D eigenvalue weighted by Gasteiger charge is 2.25. The molecule has 9 heteroatoms. The Morgan fingerprint density at radius 1 is 0.417 bits per heavy atom. The molecule has 0 saturated heterocycles. The van der Waals surface area contributed by atoms with Crippen LogP contribution in [0.25, 0.3) is 0 Å². The lowest BCUT2D eigenvalue weighted by Crippen LogP contribution is -2.40. The van der Waals surface area contributed by atoms with Gasteiger partial charge in [0.25, 0.3) is 6.29 Å². The van der Waals surface area contributed by atoms with E-state index in [1.165, 1.54) is 167 Å². The largest absolute Gasteiger partial charge is 0.477 e. The number of ether oxygens (including phenoxy) is 4. The van der Waals surface area contributed by atoms with Gasteiger partial charge in [-0.15, -0.1) is 0 Å². The third-order valence-electron chi connectivity index (χ3n) is 13.0. The fraction of sp³-hybridized carbons (Fsp3) is 0.794. The van der Waals surface area contributed by atoms with E-state index in [4.69, 9.17) is 18.9 Å². The fourth-order valence-electron chi connectivity index (χ4n) is 8.35. The van der Waals surface area contributed by atoms with Crippen LogP contribution in [0.3, 0.4) is 0 Å². The number of hydrogen-bond acceptors (Lipinski definition) is 7. The molecule has 0 aliphatic carbocycles. The zero-order valence-electron chi connectivity index (χ0n) is 47.6. The first-order valence-electron chi connectivity index (χ1n) is 30.0. The molecule has 0 fully saturated rings. The number of likely N-dealkylation sites (N-methyl/N-ethyl adjacent to an activating group) is 1. The van der Waals surface area contributed by atoms with Crippen molar-refractivity contribution in [2.75, 3.05) is 47.5 Å². The van der Waals surface area contributed by atoms with E-state index in [1.807, 2.05) is 21.1 Å². The lowest BCUT2D eigenvalue weighted by molar-refractivity contribution is -0.870. The van der Waals surface area contributed by atoms with Crippen molar-refractivity contribution in [3.63, 3.8) is 0 Å². The van der Waals surface area contributed by atoms with E-state index in [0.717, 1.165) is 70.6 Å². The molecule has 0 aliphatic heterocycles. The van der Waals surface area contributed by atoms with Crippen LogP contribution in [0.1, 0.15) is 264 Å². The number of aliphatic carboxylic acids is 1. The smallest absolute Gasteiger partial charge is 0.361 e. The fourth-order valence-corrected chi connectivity index (χ4v) is 8.35. The maximum absolute atomic E-state index is 12.9. The first kappa shape index (κ1) is 69.0. The number of unbranched alkanes of at least 4 members (excludes halogenated alkanes) is 30. The van der Waals surface area contributed by atoms with Gasteiger partial charge in [-0.1, -0.05) is 229 Å². The molecule has 0 aromatic heterocycles. The lowest BCUT2D eigenvalue weighted by Gasteiger charge is -2.25. The molecular weight excluding hydrogens is 899 g/mol. The average molecular weight is 1010 g/mol. The maximum atomic E-state index is 12.9. The van der Waals surface area contributed by atoms with Crippen LogP contribution in [0, 0.1) is 0 Å². The highest BCUT2D eigenvalue weighted by molar-refractivity contribution is 5.71. The number of hydrogen-bond donors (Lipinski definition) is 1. The van der Waals surface area contributed by atoms with Crippen LogP contribution in [-0.4, -0.2) is 87.4 Å². The number of carboxylic acid groups (broad SMARTS) is 1. The summed E-state index contributed by atoms with van der Waals surface area (Å²) in [5, 5.41) is 9.70. The summed E-state index contributed by atoms with van der Waals surface area (Å²) in [6, 6.07) is 0. The molecule has 2 atom stereocenters. The van der Waals surface area contributed by atoms with Crippen molar-refractivity contribution in [1.29, 1.82) is 0 Å². The molecule has 0 saturated carbocycles. The number of nitrogens with zero attached hydrogens (tertiary/aromatic N) is 1. The van der Waals surface area contributed by atoms with Crippen molar-refractivity contribution in [3.05, 3.63) is 60.8 Å². The predicted molar refractivity (Wildman–Crippen MR) is 304 cm³/mol. The van der Waals surface area contributed by atoms with Crippen LogP contribution in [0.5, 0.6) is 0 Å². The first-order chi connectivity index (χ1) is 35.1. The quantitative estimate of drug-likeness (QED) is 0.0211. The van der Waals surface area contributed by atoms with Gasteiger partial charge in [-0.3, -0.25) is 9.59 Å². The molecule has 0 aromatic carbocycles. The normalized spacial score (nSPS) is 13.2. The number of carbonyl (C=O) groups excluding carboxylic acids is 2. The van der Waals surface area contributed by atoms with Gasteiger partial charge in [-0.25, -0.2) is 4.79 Å². The summed E-state index contributed by atoms with van der Waals surface area (Å²) in [4.78, 5) is 37.4. The summed E-state index contributed by atoms with van der Waals surface area (Å²) in [6.45, 7) is 4.86. The number of carboxylic acids is 1. The molecule has 72 heavy (non-hydrogen) atoms. The van der Waals surface area contributed by atoms with Crippen molar-refractivity contribution in [2.45, 2.75) is 277 Å². The molecule has 0 heterocycles. The Morgan fingerprint density at radius 2 is 0.750 bits per heavy atom. The highest BCUT2D eigenvalue weighted by atomic mass is 16.7. The van der Waals surface area contributed by atoms with E-state index in [0.29, 0.717) is 17.4 Å². The van der Waals surface area contributed by atoms with E-state index in [1.54, 1.807) is 0 Å². The monoisotopic (exact) mass is 1010 g/mol. The van der Waals surface area contributed by atoms with Crippen LogP contribution >= 0.6 is 0 Å². The highest BCUT2D eigenvalue weighted by Crippen LogP contribution is 2.16. The second kappa shape index (κ2) is 54.3. The van der Waals surface area contributed by atoms with Gasteiger partial charge in [0, 0.05) is 12.8 Å². The zero-order valence-corrected chi connectivity index (χ0v) is 47.6. The van der Waals surface area contributed by atoms with Crippen LogP contribution in [0.2, 0.25) is 0 Å². The van der Waals surface area contributed by atoms with E-state index in [2.05, 4.69) is 74.6 Å². The summed E-state index contributed by atoms with van der Waals surface area (Å²) in [7, 11) is 5.97. The number of quaternary nitrogens is 1. The molecule has 0 bridgehead atoms. The Bertz CT molecular complexity index is 1360. The summed E-state index contributed by atoms with van der Waals surface area (Å²) in [5.74, 6) is -2.01. The summed E-state index contributed by atoms with van der Waals surface area (Å²) in [5.41, 5.74) is 0. The van der Waals surface area contributed by atoms with E-state index >= 15 is 0 Å². The van der Waals surface area contributed by atoms with Gasteiger partial charge in [0.2, 0.25) is 0 Å². The molecule has 0 radical (unpaired) electrons. The second-order valence-electron chi connectivity index (χ2n) is 21.3. The molecule has 1 N–H and O–H groups in total. The Hall–Kier alpha value is -3.01. The molecule has 0 amide bonds.